The van der Waals surface area contributed by atoms with Crippen LogP contribution in [0, 0.1) is 0 Å². The first kappa shape index (κ1) is 21.3. The van der Waals surface area contributed by atoms with Gasteiger partial charge in [-0.15, -0.1) is 0 Å². The van der Waals surface area contributed by atoms with Crippen LogP contribution in [0.4, 0.5) is 0 Å². The lowest BCUT2D eigenvalue weighted by atomic mass is 10.0. The molecule has 2 heterocycles. The van der Waals surface area contributed by atoms with E-state index in [1.54, 1.807) is 13.2 Å². The van der Waals surface area contributed by atoms with E-state index in [0.29, 0.717) is 5.39 Å². The molecule has 1 aromatic heterocycles. The second-order valence-electron chi connectivity index (χ2n) is 7.73. The first-order valence-corrected chi connectivity index (χ1v) is 10.7. The van der Waals surface area contributed by atoms with Crippen LogP contribution >= 0.6 is 0 Å². The van der Waals surface area contributed by atoms with E-state index >= 15 is 0 Å². The second kappa shape index (κ2) is 9.11. The van der Waals surface area contributed by atoms with Gasteiger partial charge in [0, 0.05) is 5.39 Å². The highest BCUT2D eigenvalue weighted by atomic mass is 16.5. The zero-order valence-electron chi connectivity index (χ0n) is 18.4. The molecule has 34 heavy (non-hydrogen) atoms. The van der Waals surface area contributed by atoms with Gasteiger partial charge in [0.25, 0.3) is 5.91 Å². The van der Waals surface area contributed by atoms with Crippen molar-refractivity contribution in [3.8, 4) is 5.75 Å². The minimum absolute atomic E-state index is 0.146. The van der Waals surface area contributed by atoms with E-state index in [4.69, 9.17) is 9.47 Å². The highest BCUT2D eigenvalue weighted by Crippen LogP contribution is 2.32. The van der Waals surface area contributed by atoms with Crippen molar-refractivity contribution >= 4 is 28.5 Å². The Bertz CT molecular complexity index is 1360. The molecule has 8 heteroatoms. The number of fused-ring (bicyclic) bond motifs is 1. The smallest absolute Gasteiger partial charge is 0.359 e. The number of benzene rings is 3. The zero-order valence-corrected chi connectivity index (χ0v) is 18.4. The number of aromatic amines is 1. The number of nitrogens with one attached hydrogen (secondary N) is 2. The molecule has 0 radical (unpaired) electrons. The van der Waals surface area contributed by atoms with Crippen molar-refractivity contribution in [2.24, 2.45) is 0 Å². The first-order chi connectivity index (χ1) is 16.6. The SMILES string of the molecule is COc1ccc([C@H]2C=C(c3ccccc3)NN2C(=O)COC(=O)c2n[nH]c3ccccc23)cc1. The van der Waals surface area contributed by atoms with Crippen LogP contribution in [0.25, 0.3) is 16.6 Å². The van der Waals surface area contributed by atoms with Crippen molar-refractivity contribution < 1.29 is 19.1 Å². The monoisotopic (exact) mass is 454 g/mol. The van der Waals surface area contributed by atoms with Gasteiger partial charge in [0.15, 0.2) is 12.3 Å². The van der Waals surface area contributed by atoms with Gasteiger partial charge in [-0.1, -0.05) is 60.7 Å². The predicted molar refractivity (Wildman–Crippen MR) is 127 cm³/mol. The molecule has 1 aliphatic heterocycles. The Hall–Kier alpha value is -4.59. The number of carbonyl (C=O) groups excluding carboxylic acids is 2. The maximum atomic E-state index is 13.2. The molecule has 2 N–H and O–H groups in total. The molecule has 0 fully saturated rings. The van der Waals surface area contributed by atoms with Gasteiger partial charge in [0.05, 0.1) is 24.4 Å². The van der Waals surface area contributed by atoms with Crippen molar-refractivity contribution in [1.82, 2.24) is 20.6 Å². The molecular weight excluding hydrogens is 432 g/mol. The van der Waals surface area contributed by atoms with Crippen LogP contribution in [0.1, 0.15) is 27.7 Å². The number of rotatable bonds is 6. The molecular formula is C26H22N4O4. The van der Waals surface area contributed by atoms with Gasteiger partial charge >= 0.3 is 5.97 Å². The lowest BCUT2D eigenvalue weighted by molar-refractivity contribution is -0.137. The normalized spacial score (nSPS) is 15.0. The largest absolute Gasteiger partial charge is 0.497 e. The highest BCUT2D eigenvalue weighted by Gasteiger charge is 2.31. The summed E-state index contributed by atoms with van der Waals surface area (Å²) in [4.78, 5) is 25.8. The van der Waals surface area contributed by atoms with Crippen LogP contribution in [-0.2, 0) is 9.53 Å². The van der Waals surface area contributed by atoms with Gasteiger partial charge in [-0.05, 0) is 35.4 Å². The molecule has 4 aromatic rings. The molecule has 1 aliphatic rings. The fourth-order valence-corrected chi connectivity index (χ4v) is 3.90. The van der Waals surface area contributed by atoms with E-state index in [2.05, 4.69) is 15.6 Å². The van der Waals surface area contributed by atoms with Crippen molar-refractivity contribution in [2.45, 2.75) is 6.04 Å². The van der Waals surface area contributed by atoms with Gasteiger partial charge in [-0.3, -0.25) is 15.3 Å². The Labute approximate surface area is 195 Å². The topological polar surface area (TPSA) is 96.6 Å². The summed E-state index contributed by atoms with van der Waals surface area (Å²) in [6.07, 6.45) is 1.97. The van der Waals surface area contributed by atoms with Gasteiger partial charge < -0.3 is 9.47 Å². The van der Waals surface area contributed by atoms with E-state index in [1.807, 2.05) is 78.9 Å². The summed E-state index contributed by atoms with van der Waals surface area (Å²) >= 11 is 0. The number of H-pyrrole nitrogens is 1. The van der Waals surface area contributed by atoms with Gasteiger partial charge in [-0.25, -0.2) is 9.80 Å². The molecule has 1 atom stereocenters. The third-order valence-corrected chi connectivity index (χ3v) is 5.64. The number of nitrogens with zero attached hydrogens (tertiary/aromatic N) is 2. The highest BCUT2D eigenvalue weighted by molar-refractivity contribution is 6.02. The van der Waals surface area contributed by atoms with Gasteiger partial charge in [0.1, 0.15) is 5.75 Å². The number of para-hydroxylation sites is 1. The zero-order chi connectivity index (χ0) is 23.5. The lowest BCUT2D eigenvalue weighted by Gasteiger charge is -2.25. The van der Waals surface area contributed by atoms with Crippen molar-refractivity contribution in [1.29, 1.82) is 0 Å². The summed E-state index contributed by atoms with van der Waals surface area (Å²) in [5.74, 6) is -0.335. The Morgan fingerprint density at radius 3 is 2.47 bits per heavy atom. The Balaban J connectivity index is 1.35. The molecule has 0 aliphatic carbocycles. The van der Waals surface area contributed by atoms with Crippen LogP contribution in [0.2, 0.25) is 0 Å². The number of ether oxygens (including phenoxy) is 2. The fourth-order valence-electron chi connectivity index (χ4n) is 3.90. The van der Waals surface area contributed by atoms with E-state index in [0.717, 1.165) is 28.1 Å². The van der Waals surface area contributed by atoms with E-state index < -0.39 is 24.5 Å². The van der Waals surface area contributed by atoms with Crippen LogP contribution in [0.5, 0.6) is 5.75 Å². The molecule has 0 spiro atoms. The summed E-state index contributed by atoms with van der Waals surface area (Å²) in [6.45, 7) is -0.435. The molecule has 0 unspecified atom stereocenters. The standard InChI is InChI=1S/C26H22N4O4/c1-33-19-13-11-18(12-14-19)23-15-22(17-7-3-2-4-8-17)29-30(23)24(31)16-34-26(32)25-20-9-5-6-10-21(20)27-28-25/h2-15,23,29H,16H2,1H3,(H,27,28)/t23-/m1/s1. The number of methoxy groups -OCH3 is 1. The Kier molecular flexibility index (Phi) is 5.70. The second-order valence-corrected chi connectivity index (χ2v) is 7.73. The lowest BCUT2D eigenvalue weighted by Crippen LogP contribution is -2.42. The van der Waals surface area contributed by atoms with Crippen LogP contribution in [0.3, 0.4) is 0 Å². The third-order valence-electron chi connectivity index (χ3n) is 5.64. The number of hydrogen-bond acceptors (Lipinski definition) is 6. The molecule has 170 valence electrons. The van der Waals surface area contributed by atoms with Crippen LogP contribution in [-0.4, -0.2) is 40.8 Å². The molecule has 5 rings (SSSR count). The number of aromatic nitrogens is 2. The first-order valence-electron chi connectivity index (χ1n) is 10.7. The van der Waals surface area contributed by atoms with E-state index in [-0.39, 0.29) is 5.69 Å². The summed E-state index contributed by atoms with van der Waals surface area (Å²) in [6, 6.07) is 24.0. The number of hydrazine groups is 1. The Morgan fingerprint density at radius 1 is 0.971 bits per heavy atom. The molecule has 0 saturated heterocycles. The summed E-state index contributed by atoms with van der Waals surface area (Å²) in [7, 11) is 1.60. The molecule has 3 aromatic carbocycles. The molecule has 0 saturated carbocycles. The van der Waals surface area contributed by atoms with E-state index in [9.17, 15) is 9.59 Å². The summed E-state index contributed by atoms with van der Waals surface area (Å²) in [5.41, 5.74) is 6.66. The molecule has 1 amide bonds. The quantitative estimate of drug-likeness (QED) is 0.430. The van der Waals surface area contributed by atoms with Gasteiger partial charge in [-0.2, -0.15) is 5.10 Å². The van der Waals surface area contributed by atoms with E-state index in [1.165, 1.54) is 5.01 Å². The third kappa shape index (κ3) is 4.09. The van der Waals surface area contributed by atoms with Gasteiger partial charge in [0.2, 0.25) is 0 Å². The van der Waals surface area contributed by atoms with Crippen LogP contribution in [0.15, 0.2) is 84.9 Å². The van der Waals surface area contributed by atoms with Crippen molar-refractivity contribution in [3.63, 3.8) is 0 Å². The predicted octanol–water partition coefficient (Wildman–Crippen LogP) is 3.86. The van der Waals surface area contributed by atoms with Crippen LogP contribution < -0.4 is 10.2 Å². The maximum absolute atomic E-state index is 13.2. The summed E-state index contributed by atoms with van der Waals surface area (Å²) < 4.78 is 10.6. The molecule has 0 bridgehead atoms. The average Bonchev–Trinajstić information content (AvgIpc) is 3.53. The number of esters is 1. The Morgan fingerprint density at radius 2 is 1.71 bits per heavy atom. The number of hydrogen-bond donors (Lipinski definition) is 2. The summed E-state index contributed by atoms with van der Waals surface area (Å²) in [5, 5.41) is 8.95. The minimum atomic E-state index is -0.665. The molecule has 8 nitrogen and oxygen atoms in total. The number of carbonyl (C=O) groups is 2. The fraction of sp³-hybridized carbons (Fsp3) is 0.115. The minimum Gasteiger partial charge on any atom is -0.497 e. The van der Waals surface area contributed by atoms with Crippen molar-refractivity contribution in [3.05, 3.63) is 102 Å². The number of amides is 1. The van der Waals surface area contributed by atoms with Crippen molar-refractivity contribution in [2.75, 3.05) is 13.7 Å². The average molecular weight is 454 g/mol. The maximum Gasteiger partial charge on any atom is 0.359 e.